The maximum atomic E-state index is 13.4. The van der Waals surface area contributed by atoms with Crippen LogP contribution in [-0.2, 0) is 11.3 Å². The minimum absolute atomic E-state index is 0.0982. The molecule has 5 nitrogen and oxygen atoms in total. The molecular formula is C13H12FN3O2. The molecule has 1 heterocycles. The summed E-state index contributed by atoms with van der Waals surface area (Å²) in [6.45, 7) is 0.256. The smallest absolute Gasteiger partial charge is 0.358 e. The van der Waals surface area contributed by atoms with Gasteiger partial charge in [0.15, 0.2) is 5.69 Å². The predicted molar refractivity (Wildman–Crippen MR) is 67.1 cm³/mol. The third kappa shape index (κ3) is 3.25. The molecule has 0 atom stereocenters. The fourth-order valence-corrected chi connectivity index (χ4v) is 1.48. The van der Waals surface area contributed by atoms with Gasteiger partial charge in [0, 0.05) is 12.1 Å². The molecule has 98 valence electrons. The van der Waals surface area contributed by atoms with Gasteiger partial charge in [-0.05, 0) is 6.07 Å². The Morgan fingerprint density at radius 3 is 2.89 bits per heavy atom. The number of benzene rings is 1. The number of esters is 1. The van der Waals surface area contributed by atoms with Crippen molar-refractivity contribution in [2.24, 2.45) is 0 Å². The van der Waals surface area contributed by atoms with Gasteiger partial charge in [0.1, 0.15) is 11.6 Å². The van der Waals surface area contributed by atoms with Crippen molar-refractivity contribution in [3.8, 4) is 0 Å². The minimum atomic E-state index is -0.568. The van der Waals surface area contributed by atoms with Crippen LogP contribution in [0.4, 0.5) is 10.2 Å². The number of carbonyl (C=O) groups excluding carboxylic acids is 1. The third-order valence-electron chi connectivity index (χ3n) is 2.45. The molecule has 0 aliphatic rings. The monoisotopic (exact) mass is 261 g/mol. The zero-order valence-corrected chi connectivity index (χ0v) is 10.3. The molecule has 0 radical (unpaired) electrons. The van der Waals surface area contributed by atoms with Crippen LogP contribution in [0.1, 0.15) is 16.1 Å². The van der Waals surface area contributed by atoms with Gasteiger partial charge in [-0.25, -0.2) is 14.2 Å². The first-order valence-corrected chi connectivity index (χ1v) is 5.58. The van der Waals surface area contributed by atoms with Crippen LogP contribution in [-0.4, -0.2) is 23.0 Å². The summed E-state index contributed by atoms with van der Waals surface area (Å²) in [5.74, 6) is -0.486. The van der Waals surface area contributed by atoms with Gasteiger partial charge in [-0.1, -0.05) is 18.2 Å². The van der Waals surface area contributed by atoms with Gasteiger partial charge in [0.25, 0.3) is 0 Å². The average molecular weight is 261 g/mol. The molecule has 2 aromatic rings. The lowest BCUT2D eigenvalue weighted by molar-refractivity contribution is 0.0593. The van der Waals surface area contributed by atoms with E-state index in [0.717, 1.165) is 0 Å². The highest BCUT2D eigenvalue weighted by molar-refractivity contribution is 5.87. The highest BCUT2D eigenvalue weighted by Gasteiger charge is 2.08. The van der Waals surface area contributed by atoms with E-state index in [1.165, 1.54) is 25.6 Å². The van der Waals surface area contributed by atoms with E-state index >= 15 is 0 Å². The summed E-state index contributed by atoms with van der Waals surface area (Å²) < 4.78 is 17.9. The number of aromatic nitrogens is 2. The molecule has 0 saturated carbocycles. The first kappa shape index (κ1) is 12.9. The molecule has 1 aromatic carbocycles. The number of nitrogens with one attached hydrogen (secondary N) is 1. The molecule has 1 N–H and O–H groups in total. The topological polar surface area (TPSA) is 64.1 Å². The van der Waals surface area contributed by atoms with Gasteiger partial charge in [-0.2, -0.15) is 0 Å². The summed E-state index contributed by atoms with van der Waals surface area (Å²) in [7, 11) is 1.27. The number of methoxy groups -OCH3 is 1. The van der Waals surface area contributed by atoms with Crippen LogP contribution in [0.15, 0.2) is 36.7 Å². The minimum Gasteiger partial charge on any atom is -0.464 e. The number of rotatable bonds is 4. The normalized spacial score (nSPS) is 10.0. The second-order valence-electron chi connectivity index (χ2n) is 3.73. The van der Waals surface area contributed by atoms with Crippen molar-refractivity contribution in [1.82, 2.24) is 9.97 Å². The second kappa shape index (κ2) is 5.90. The van der Waals surface area contributed by atoms with Gasteiger partial charge < -0.3 is 10.1 Å². The molecule has 0 amide bonds. The Labute approximate surface area is 109 Å². The molecule has 1 aromatic heterocycles. The van der Waals surface area contributed by atoms with Crippen molar-refractivity contribution in [2.45, 2.75) is 6.54 Å². The molecule has 0 unspecified atom stereocenters. The third-order valence-corrected chi connectivity index (χ3v) is 2.45. The average Bonchev–Trinajstić information content (AvgIpc) is 2.46. The van der Waals surface area contributed by atoms with E-state index in [0.29, 0.717) is 11.4 Å². The van der Waals surface area contributed by atoms with Crippen LogP contribution in [0.2, 0.25) is 0 Å². The van der Waals surface area contributed by atoms with Crippen LogP contribution in [0, 0.1) is 5.82 Å². The van der Waals surface area contributed by atoms with Crippen molar-refractivity contribution in [1.29, 1.82) is 0 Å². The van der Waals surface area contributed by atoms with E-state index in [9.17, 15) is 9.18 Å². The molecule has 0 aliphatic carbocycles. The number of halogens is 1. The zero-order chi connectivity index (χ0) is 13.7. The maximum absolute atomic E-state index is 13.4. The number of nitrogens with zero attached hydrogens (tertiary/aromatic N) is 2. The van der Waals surface area contributed by atoms with Crippen LogP contribution in [0.25, 0.3) is 0 Å². The Balaban J connectivity index is 2.08. The standard InChI is InChI=1S/C13H12FN3O2/c1-19-13(18)11-7-15-8-12(17-11)16-6-9-4-2-3-5-10(9)14/h2-5,7-8H,6H2,1H3,(H,16,17). The predicted octanol–water partition coefficient (Wildman–Crippen LogP) is 2.01. The lowest BCUT2D eigenvalue weighted by Gasteiger charge is -2.07. The Morgan fingerprint density at radius 1 is 1.37 bits per heavy atom. The van der Waals surface area contributed by atoms with Crippen molar-refractivity contribution >= 4 is 11.8 Å². The molecule has 0 spiro atoms. The van der Waals surface area contributed by atoms with E-state index in [1.54, 1.807) is 18.2 Å². The van der Waals surface area contributed by atoms with Crippen molar-refractivity contribution < 1.29 is 13.9 Å². The van der Waals surface area contributed by atoms with E-state index in [-0.39, 0.29) is 18.1 Å². The largest absolute Gasteiger partial charge is 0.464 e. The summed E-state index contributed by atoms with van der Waals surface area (Å²) in [5, 5.41) is 2.90. The van der Waals surface area contributed by atoms with Gasteiger partial charge in [0.2, 0.25) is 0 Å². The fourth-order valence-electron chi connectivity index (χ4n) is 1.48. The van der Waals surface area contributed by atoms with E-state index < -0.39 is 5.97 Å². The molecule has 0 saturated heterocycles. The van der Waals surface area contributed by atoms with Gasteiger partial charge in [-0.15, -0.1) is 0 Å². The summed E-state index contributed by atoms with van der Waals surface area (Å²) in [4.78, 5) is 19.2. The molecule has 19 heavy (non-hydrogen) atoms. The number of hydrogen-bond acceptors (Lipinski definition) is 5. The van der Waals surface area contributed by atoms with E-state index in [1.807, 2.05) is 0 Å². The van der Waals surface area contributed by atoms with Gasteiger partial charge in [-0.3, -0.25) is 4.98 Å². The SMILES string of the molecule is COC(=O)c1cncc(NCc2ccccc2F)n1. The summed E-state index contributed by atoms with van der Waals surface area (Å²) >= 11 is 0. The van der Waals surface area contributed by atoms with Crippen molar-refractivity contribution in [3.63, 3.8) is 0 Å². The highest BCUT2D eigenvalue weighted by Crippen LogP contribution is 2.09. The van der Waals surface area contributed by atoms with Crippen LogP contribution < -0.4 is 5.32 Å². The van der Waals surface area contributed by atoms with Crippen molar-refractivity contribution in [3.05, 3.63) is 53.7 Å². The molecule has 0 aliphatic heterocycles. The van der Waals surface area contributed by atoms with Crippen LogP contribution in [0.5, 0.6) is 0 Å². The highest BCUT2D eigenvalue weighted by atomic mass is 19.1. The molecular weight excluding hydrogens is 249 g/mol. The van der Waals surface area contributed by atoms with Crippen LogP contribution >= 0.6 is 0 Å². The Morgan fingerprint density at radius 2 is 2.16 bits per heavy atom. The lowest BCUT2D eigenvalue weighted by Crippen LogP contribution is -2.09. The summed E-state index contributed by atoms with van der Waals surface area (Å²) in [6, 6.07) is 6.42. The Kier molecular flexibility index (Phi) is 4.02. The number of ether oxygens (including phenoxy) is 1. The summed E-state index contributed by atoms with van der Waals surface area (Å²) in [5.41, 5.74) is 0.605. The van der Waals surface area contributed by atoms with Crippen LogP contribution in [0.3, 0.4) is 0 Å². The fraction of sp³-hybridized carbons (Fsp3) is 0.154. The Bertz CT molecular complexity index is 590. The van der Waals surface area contributed by atoms with Gasteiger partial charge >= 0.3 is 5.97 Å². The Hall–Kier alpha value is -2.50. The first-order chi connectivity index (χ1) is 9.20. The lowest BCUT2D eigenvalue weighted by atomic mass is 10.2. The second-order valence-corrected chi connectivity index (χ2v) is 3.73. The number of anilines is 1. The van der Waals surface area contributed by atoms with Gasteiger partial charge in [0.05, 0.1) is 19.5 Å². The maximum Gasteiger partial charge on any atom is 0.358 e. The number of carbonyl (C=O) groups is 1. The summed E-state index contributed by atoms with van der Waals surface area (Å²) in [6.07, 6.45) is 2.76. The van der Waals surface area contributed by atoms with E-state index in [2.05, 4.69) is 20.0 Å². The zero-order valence-electron chi connectivity index (χ0n) is 10.3. The molecule has 6 heteroatoms. The first-order valence-electron chi connectivity index (χ1n) is 5.58. The van der Waals surface area contributed by atoms with E-state index in [4.69, 9.17) is 0 Å². The quantitative estimate of drug-likeness (QED) is 0.853. The number of hydrogen-bond donors (Lipinski definition) is 1. The molecule has 0 bridgehead atoms. The van der Waals surface area contributed by atoms with Crippen molar-refractivity contribution in [2.75, 3.05) is 12.4 Å². The molecule has 2 rings (SSSR count). The molecule has 0 fully saturated rings.